The summed E-state index contributed by atoms with van der Waals surface area (Å²) in [6.45, 7) is 4.91. The molecule has 0 saturated carbocycles. The Hall–Kier alpha value is -2.36. The molecule has 1 heterocycles. The molecule has 0 fully saturated rings. The number of hydrogen-bond acceptors (Lipinski definition) is 3. The zero-order valence-electron chi connectivity index (χ0n) is 11.2. The summed E-state index contributed by atoms with van der Waals surface area (Å²) in [5, 5.41) is 7.66. The van der Waals surface area contributed by atoms with Crippen molar-refractivity contribution in [1.82, 2.24) is 4.98 Å². The summed E-state index contributed by atoms with van der Waals surface area (Å²) in [4.78, 5) is 6.25. The highest BCUT2D eigenvalue weighted by Gasteiger charge is 2.13. The highest BCUT2D eigenvalue weighted by atomic mass is 15.1. The van der Waals surface area contributed by atoms with E-state index in [0.717, 1.165) is 17.9 Å². The summed E-state index contributed by atoms with van der Waals surface area (Å²) >= 11 is 0. The van der Waals surface area contributed by atoms with E-state index in [1.54, 1.807) is 18.5 Å². The Morgan fingerprint density at radius 3 is 2.53 bits per heavy atom. The highest BCUT2D eigenvalue weighted by molar-refractivity contribution is 6.01. The zero-order valence-corrected chi connectivity index (χ0v) is 11.2. The molecule has 0 aliphatic carbocycles. The van der Waals surface area contributed by atoms with E-state index in [-0.39, 0.29) is 5.84 Å². The maximum atomic E-state index is 7.66. The van der Waals surface area contributed by atoms with E-state index in [2.05, 4.69) is 48.0 Å². The second-order valence-electron chi connectivity index (χ2n) is 4.39. The fourth-order valence-electron chi connectivity index (χ4n) is 2.05. The standard InChI is InChI=1S/C15H18N4/c1-3-19(12-6-4-11(2)5-7-12)14-10-18-9-8-13(14)15(16)17/h4-10H,3H2,1-2H3,(H3,16,17). The monoisotopic (exact) mass is 254 g/mol. The lowest BCUT2D eigenvalue weighted by Crippen LogP contribution is -2.22. The topological polar surface area (TPSA) is 66.0 Å². The number of benzene rings is 1. The van der Waals surface area contributed by atoms with Crippen molar-refractivity contribution in [1.29, 1.82) is 5.41 Å². The number of hydrogen-bond donors (Lipinski definition) is 2. The number of pyridine rings is 1. The summed E-state index contributed by atoms with van der Waals surface area (Å²) in [6, 6.07) is 10.0. The number of nitrogens with two attached hydrogens (primary N) is 1. The Labute approximate surface area is 113 Å². The van der Waals surface area contributed by atoms with Crippen molar-refractivity contribution in [2.75, 3.05) is 11.4 Å². The van der Waals surface area contributed by atoms with Crippen LogP contribution in [-0.2, 0) is 0 Å². The van der Waals surface area contributed by atoms with Crippen LogP contribution in [0.4, 0.5) is 11.4 Å². The maximum absolute atomic E-state index is 7.66. The molecule has 0 unspecified atom stereocenters. The largest absolute Gasteiger partial charge is 0.384 e. The zero-order chi connectivity index (χ0) is 13.8. The van der Waals surface area contributed by atoms with Crippen molar-refractivity contribution in [3.8, 4) is 0 Å². The Morgan fingerprint density at radius 1 is 1.26 bits per heavy atom. The van der Waals surface area contributed by atoms with Crippen LogP contribution in [0, 0.1) is 12.3 Å². The molecular formula is C15H18N4. The highest BCUT2D eigenvalue weighted by Crippen LogP contribution is 2.27. The molecule has 0 spiro atoms. The number of nitrogen functional groups attached to an aromatic ring is 1. The first kappa shape index (κ1) is 13.1. The van der Waals surface area contributed by atoms with Gasteiger partial charge >= 0.3 is 0 Å². The van der Waals surface area contributed by atoms with Crippen LogP contribution >= 0.6 is 0 Å². The average molecular weight is 254 g/mol. The van der Waals surface area contributed by atoms with Gasteiger partial charge in [-0.25, -0.2) is 0 Å². The summed E-state index contributed by atoms with van der Waals surface area (Å²) < 4.78 is 0. The molecular weight excluding hydrogens is 236 g/mol. The molecule has 4 heteroatoms. The second kappa shape index (κ2) is 5.52. The van der Waals surface area contributed by atoms with Gasteiger partial charge in [0, 0.05) is 24.0 Å². The van der Waals surface area contributed by atoms with Gasteiger partial charge in [0.05, 0.1) is 11.9 Å². The average Bonchev–Trinajstić information content (AvgIpc) is 2.42. The predicted molar refractivity (Wildman–Crippen MR) is 79.1 cm³/mol. The minimum absolute atomic E-state index is 0.0583. The third-order valence-electron chi connectivity index (χ3n) is 3.04. The van der Waals surface area contributed by atoms with Crippen LogP contribution < -0.4 is 10.6 Å². The lowest BCUT2D eigenvalue weighted by molar-refractivity contribution is 1.01. The van der Waals surface area contributed by atoms with Crippen LogP contribution in [0.3, 0.4) is 0 Å². The molecule has 98 valence electrons. The number of aromatic nitrogens is 1. The summed E-state index contributed by atoms with van der Waals surface area (Å²) in [7, 11) is 0. The molecule has 0 saturated heterocycles. The van der Waals surface area contributed by atoms with E-state index >= 15 is 0 Å². The Kier molecular flexibility index (Phi) is 3.80. The fourth-order valence-corrected chi connectivity index (χ4v) is 2.05. The molecule has 3 N–H and O–H groups in total. The number of aryl methyl sites for hydroxylation is 1. The van der Waals surface area contributed by atoms with Crippen molar-refractivity contribution >= 4 is 17.2 Å². The van der Waals surface area contributed by atoms with E-state index in [0.29, 0.717) is 5.56 Å². The van der Waals surface area contributed by atoms with E-state index in [1.807, 2.05) is 0 Å². The molecule has 0 radical (unpaired) electrons. The van der Waals surface area contributed by atoms with Crippen molar-refractivity contribution in [2.45, 2.75) is 13.8 Å². The van der Waals surface area contributed by atoms with Gasteiger partial charge < -0.3 is 10.6 Å². The van der Waals surface area contributed by atoms with Gasteiger partial charge in [-0.1, -0.05) is 17.7 Å². The molecule has 2 aromatic rings. The Balaban J connectivity index is 2.48. The van der Waals surface area contributed by atoms with Crippen molar-refractivity contribution in [2.24, 2.45) is 5.73 Å². The van der Waals surface area contributed by atoms with Crippen LogP contribution in [-0.4, -0.2) is 17.4 Å². The van der Waals surface area contributed by atoms with Gasteiger partial charge in [0.1, 0.15) is 5.84 Å². The summed E-state index contributed by atoms with van der Waals surface area (Å²) in [5.41, 5.74) is 9.50. The van der Waals surface area contributed by atoms with Crippen LogP contribution in [0.15, 0.2) is 42.7 Å². The maximum Gasteiger partial charge on any atom is 0.125 e. The van der Waals surface area contributed by atoms with Crippen LogP contribution in [0.1, 0.15) is 18.1 Å². The van der Waals surface area contributed by atoms with Gasteiger partial charge in [-0.2, -0.15) is 0 Å². The molecule has 4 nitrogen and oxygen atoms in total. The van der Waals surface area contributed by atoms with Gasteiger partial charge in [-0.3, -0.25) is 10.4 Å². The summed E-state index contributed by atoms with van der Waals surface area (Å²) in [5.74, 6) is 0.0583. The lowest BCUT2D eigenvalue weighted by atomic mass is 10.1. The molecule has 1 aromatic heterocycles. The van der Waals surface area contributed by atoms with Crippen molar-refractivity contribution < 1.29 is 0 Å². The fraction of sp³-hybridized carbons (Fsp3) is 0.200. The molecule has 0 amide bonds. The van der Waals surface area contributed by atoms with Gasteiger partial charge in [-0.05, 0) is 32.0 Å². The summed E-state index contributed by atoms with van der Waals surface area (Å²) in [6.07, 6.45) is 3.41. The van der Waals surface area contributed by atoms with E-state index in [4.69, 9.17) is 11.1 Å². The van der Waals surface area contributed by atoms with Crippen molar-refractivity contribution in [3.63, 3.8) is 0 Å². The first-order valence-corrected chi connectivity index (χ1v) is 6.26. The van der Waals surface area contributed by atoms with E-state index < -0.39 is 0 Å². The van der Waals surface area contributed by atoms with Crippen LogP contribution in [0.2, 0.25) is 0 Å². The van der Waals surface area contributed by atoms with Crippen molar-refractivity contribution in [3.05, 3.63) is 53.9 Å². The Bertz CT molecular complexity index is 575. The third-order valence-corrected chi connectivity index (χ3v) is 3.04. The quantitative estimate of drug-likeness (QED) is 0.651. The van der Waals surface area contributed by atoms with Gasteiger partial charge in [0.25, 0.3) is 0 Å². The molecule has 0 aliphatic rings. The lowest BCUT2D eigenvalue weighted by Gasteiger charge is -2.25. The Morgan fingerprint density at radius 2 is 1.95 bits per heavy atom. The molecule has 1 aromatic carbocycles. The number of nitrogens with one attached hydrogen (secondary N) is 1. The van der Waals surface area contributed by atoms with Crippen LogP contribution in [0.5, 0.6) is 0 Å². The molecule has 2 rings (SSSR count). The minimum atomic E-state index is 0.0583. The van der Waals surface area contributed by atoms with Crippen LogP contribution in [0.25, 0.3) is 0 Å². The third kappa shape index (κ3) is 2.73. The minimum Gasteiger partial charge on any atom is -0.384 e. The number of amidine groups is 1. The number of rotatable bonds is 4. The molecule has 19 heavy (non-hydrogen) atoms. The van der Waals surface area contributed by atoms with E-state index in [9.17, 15) is 0 Å². The second-order valence-corrected chi connectivity index (χ2v) is 4.39. The van der Waals surface area contributed by atoms with Gasteiger partial charge in [0.2, 0.25) is 0 Å². The SMILES string of the molecule is CCN(c1ccc(C)cc1)c1cnccc1C(=N)N. The molecule has 0 aliphatic heterocycles. The first-order chi connectivity index (χ1) is 9.13. The predicted octanol–water partition coefficient (Wildman–Crippen LogP) is 2.83. The number of nitrogens with zero attached hydrogens (tertiary/aromatic N) is 2. The van der Waals surface area contributed by atoms with Gasteiger partial charge in [0.15, 0.2) is 0 Å². The molecule has 0 atom stereocenters. The normalized spacial score (nSPS) is 10.2. The van der Waals surface area contributed by atoms with E-state index in [1.165, 1.54) is 5.56 Å². The smallest absolute Gasteiger partial charge is 0.125 e. The first-order valence-electron chi connectivity index (χ1n) is 6.26. The molecule has 0 bridgehead atoms. The van der Waals surface area contributed by atoms with Gasteiger partial charge in [-0.15, -0.1) is 0 Å². The number of anilines is 2.